The van der Waals surface area contributed by atoms with Crippen molar-refractivity contribution in [3.05, 3.63) is 72.0 Å². The van der Waals surface area contributed by atoms with E-state index in [4.69, 9.17) is 9.72 Å². The van der Waals surface area contributed by atoms with Gasteiger partial charge < -0.3 is 14.7 Å². The lowest BCUT2D eigenvalue weighted by Gasteiger charge is -2.33. The average molecular weight is 373 g/mol. The molecule has 1 N–H and O–H groups in total. The van der Waals surface area contributed by atoms with Crippen molar-refractivity contribution in [2.24, 2.45) is 0 Å². The molecule has 0 aliphatic carbocycles. The van der Waals surface area contributed by atoms with E-state index in [-0.39, 0.29) is 5.75 Å². The number of anilines is 1. The Labute approximate surface area is 164 Å². The first-order chi connectivity index (χ1) is 13.4. The Morgan fingerprint density at radius 2 is 1.68 bits per heavy atom. The molecule has 1 aromatic heterocycles. The number of aromatic hydroxyl groups is 1. The van der Waals surface area contributed by atoms with Gasteiger partial charge in [0.2, 0.25) is 0 Å². The van der Waals surface area contributed by atoms with E-state index in [0.717, 1.165) is 39.6 Å². The van der Waals surface area contributed by atoms with Gasteiger partial charge in [-0.1, -0.05) is 18.7 Å². The van der Waals surface area contributed by atoms with Crippen LogP contribution >= 0.6 is 0 Å². The monoisotopic (exact) mass is 373 g/mol. The van der Waals surface area contributed by atoms with Gasteiger partial charge in [-0.2, -0.15) is 0 Å². The molecule has 0 saturated heterocycles. The first kappa shape index (κ1) is 17.9. The number of hydrogen-bond acceptors (Lipinski definition) is 4. The van der Waals surface area contributed by atoms with Crippen LogP contribution in [0.15, 0.2) is 72.0 Å². The molecule has 0 radical (unpaired) electrons. The van der Waals surface area contributed by atoms with E-state index in [0.29, 0.717) is 11.4 Å². The van der Waals surface area contributed by atoms with Crippen LogP contribution in [0.5, 0.6) is 5.75 Å². The number of phenolic OH excluding ortho intramolecular Hbond substituents is 1. The quantitative estimate of drug-likeness (QED) is 0.626. The van der Waals surface area contributed by atoms with E-state index >= 15 is 0 Å². The van der Waals surface area contributed by atoms with E-state index in [1.807, 2.05) is 68.7 Å². The van der Waals surface area contributed by atoms with E-state index < -0.39 is 0 Å². The zero-order valence-electron chi connectivity index (χ0n) is 16.5. The molecule has 0 bridgehead atoms. The third-order valence-electron chi connectivity index (χ3n) is 5.25. The van der Waals surface area contributed by atoms with Crippen molar-refractivity contribution < 1.29 is 9.84 Å². The maximum absolute atomic E-state index is 10.8. The molecular weight excluding hydrogens is 350 g/mol. The fourth-order valence-electron chi connectivity index (χ4n) is 3.60. The second-order valence-electron chi connectivity index (χ2n) is 6.90. The van der Waals surface area contributed by atoms with Crippen LogP contribution < -0.4 is 4.90 Å². The minimum atomic E-state index is 0.165. The summed E-state index contributed by atoms with van der Waals surface area (Å²) < 4.78 is 7.67. The molecule has 2 aromatic carbocycles. The van der Waals surface area contributed by atoms with Gasteiger partial charge in [0.05, 0.1) is 28.0 Å². The van der Waals surface area contributed by atoms with E-state index in [1.165, 1.54) is 0 Å². The predicted molar refractivity (Wildman–Crippen MR) is 114 cm³/mol. The molecule has 0 spiro atoms. The molecule has 3 aromatic rings. The number of phenols is 1. The van der Waals surface area contributed by atoms with Crippen LogP contribution in [-0.2, 0) is 4.74 Å². The van der Waals surface area contributed by atoms with Crippen molar-refractivity contribution in [2.75, 3.05) is 4.90 Å². The van der Waals surface area contributed by atoms with Gasteiger partial charge in [-0.05, 0) is 52.0 Å². The van der Waals surface area contributed by atoms with Crippen LogP contribution in [-0.4, -0.2) is 14.7 Å². The summed E-state index contributed by atoms with van der Waals surface area (Å²) in [6, 6.07) is 13.5. The number of imidazole rings is 1. The van der Waals surface area contributed by atoms with Crippen LogP contribution in [0.1, 0.15) is 27.7 Å². The number of benzene rings is 2. The molecular formula is C23H23N3O2. The predicted octanol–water partition coefficient (Wildman–Crippen LogP) is 5.85. The highest BCUT2D eigenvalue weighted by molar-refractivity contribution is 5.85. The molecule has 4 rings (SSSR count). The highest BCUT2D eigenvalue weighted by Gasteiger charge is 2.23. The van der Waals surface area contributed by atoms with Gasteiger partial charge in [0.15, 0.2) is 0 Å². The largest absolute Gasteiger partial charge is 0.507 e. The molecule has 28 heavy (non-hydrogen) atoms. The molecule has 5 heteroatoms. The zero-order chi connectivity index (χ0) is 20.0. The number of para-hydroxylation sites is 2. The van der Waals surface area contributed by atoms with Crippen LogP contribution in [0.4, 0.5) is 5.69 Å². The van der Waals surface area contributed by atoms with Crippen molar-refractivity contribution >= 4 is 22.9 Å². The normalized spacial score (nSPS) is 14.6. The summed E-state index contributed by atoms with van der Waals surface area (Å²) in [4.78, 5) is 6.78. The Hall–Kier alpha value is -3.47. The number of ether oxygens (including phenoxy) is 1. The number of fused-ring (bicyclic) bond motifs is 1. The molecule has 0 saturated carbocycles. The lowest BCUT2D eigenvalue weighted by Crippen LogP contribution is -2.25. The molecule has 0 atom stereocenters. The van der Waals surface area contributed by atoms with Gasteiger partial charge in [0, 0.05) is 18.0 Å². The summed E-state index contributed by atoms with van der Waals surface area (Å²) in [6.07, 6.45) is 1.71. The summed E-state index contributed by atoms with van der Waals surface area (Å²) in [5, 5.41) is 10.8. The Bertz CT molecular complexity index is 1140. The second-order valence-corrected chi connectivity index (χ2v) is 6.90. The van der Waals surface area contributed by atoms with Gasteiger partial charge in [0.1, 0.15) is 23.1 Å². The van der Waals surface area contributed by atoms with Crippen molar-refractivity contribution in [1.29, 1.82) is 0 Å². The van der Waals surface area contributed by atoms with Gasteiger partial charge in [-0.25, -0.2) is 4.98 Å². The number of nitrogens with zero attached hydrogens (tertiary/aromatic N) is 3. The summed E-state index contributed by atoms with van der Waals surface area (Å²) in [7, 11) is 0. The number of allylic oxidation sites excluding steroid dienone is 4. The van der Waals surface area contributed by atoms with Gasteiger partial charge in [-0.15, -0.1) is 0 Å². The summed E-state index contributed by atoms with van der Waals surface area (Å²) in [5.74, 6) is 2.52. The SMILES string of the molecule is C=Cn1c(-c2ccc(N3C(C)=C(C)OC(C)=C3C)cc2O)nc2ccccc21. The van der Waals surface area contributed by atoms with E-state index in [1.54, 1.807) is 12.3 Å². The van der Waals surface area contributed by atoms with Crippen molar-refractivity contribution in [3.63, 3.8) is 0 Å². The van der Waals surface area contributed by atoms with Crippen molar-refractivity contribution in [3.8, 4) is 17.1 Å². The number of rotatable bonds is 3. The summed E-state index contributed by atoms with van der Waals surface area (Å²) >= 11 is 0. The first-order valence-electron chi connectivity index (χ1n) is 9.18. The maximum Gasteiger partial charge on any atom is 0.148 e. The molecule has 2 heterocycles. The first-order valence-corrected chi connectivity index (χ1v) is 9.18. The van der Waals surface area contributed by atoms with E-state index in [9.17, 15) is 5.11 Å². The van der Waals surface area contributed by atoms with E-state index in [2.05, 4.69) is 11.5 Å². The minimum Gasteiger partial charge on any atom is -0.507 e. The van der Waals surface area contributed by atoms with Gasteiger partial charge in [-0.3, -0.25) is 4.57 Å². The Morgan fingerprint density at radius 3 is 2.32 bits per heavy atom. The number of aromatic nitrogens is 2. The zero-order valence-corrected chi connectivity index (χ0v) is 16.5. The molecule has 0 unspecified atom stereocenters. The van der Waals surface area contributed by atoms with Gasteiger partial charge >= 0.3 is 0 Å². The summed E-state index contributed by atoms with van der Waals surface area (Å²) in [5.41, 5.74) is 5.33. The lowest BCUT2D eigenvalue weighted by atomic mass is 10.1. The fraction of sp³-hybridized carbons (Fsp3) is 0.174. The highest BCUT2D eigenvalue weighted by Crippen LogP contribution is 2.38. The van der Waals surface area contributed by atoms with Gasteiger partial charge in [0.25, 0.3) is 0 Å². The maximum atomic E-state index is 10.8. The standard InChI is InChI=1S/C23H23N3O2/c1-6-25-21-10-8-7-9-20(21)24-23(25)19-12-11-18(13-22(19)27)26-14(2)16(4)28-17(5)15(26)3/h6-13,27H,1H2,2-5H3. The topological polar surface area (TPSA) is 50.5 Å². The molecule has 0 amide bonds. The number of hydrogen-bond donors (Lipinski definition) is 1. The Morgan fingerprint density at radius 1 is 1.00 bits per heavy atom. The Balaban J connectivity index is 1.84. The molecule has 142 valence electrons. The molecule has 5 nitrogen and oxygen atoms in total. The Kier molecular flexibility index (Phi) is 4.23. The average Bonchev–Trinajstić information content (AvgIpc) is 3.05. The van der Waals surface area contributed by atoms with Crippen molar-refractivity contribution in [2.45, 2.75) is 27.7 Å². The van der Waals surface area contributed by atoms with Crippen LogP contribution in [0.25, 0.3) is 28.6 Å². The lowest BCUT2D eigenvalue weighted by molar-refractivity contribution is 0.288. The fourth-order valence-corrected chi connectivity index (χ4v) is 3.60. The minimum absolute atomic E-state index is 0.165. The van der Waals surface area contributed by atoms with Crippen molar-refractivity contribution in [1.82, 2.24) is 9.55 Å². The molecule has 0 fully saturated rings. The van der Waals surface area contributed by atoms with Crippen LogP contribution in [0, 0.1) is 0 Å². The van der Waals surface area contributed by atoms with Crippen LogP contribution in [0.3, 0.4) is 0 Å². The highest BCUT2D eigenvalue weighted by atomic mass is 16.5. The second kappa shape index (κ2) is 6.60. The van der Waals surface area contributed by atoms with Crippen LogP contribution in [0.2, 0.25) is 0 Å². The molecule has 1 aliphatic heterocycles. The summed E-state index contributed by atoms with van der Waals surface area (Å²) in [6.45, 7) is 11.8. The third-order valence-corrected chi connectivity index (χ3v) is 5.25. The smallest absolute Gasteiger partial charge is 0.148 e. The third kappa shape index (κ3) is 2.67. The molecule has 1 aliphatic rings.